The minimum atomic E-state index is -0.211. The van der Waals surface area contributed by atoms with Crippen LogP contribution in [0, 0.1) is 0 Å². The van der Waals surface area contributed by atoms with E-state index < -0.39 is 0 Å². The Kier molecular flexibility index (Phi) is 8.98. The number of hydrogen-bond donors (Lipinski definition) is 1. The van der Waals surface area contributed by atoms with Gasteiger partial charge in [0.1, 0.15) is 0 Å². The Labute approximate surface area is 216 Å². The predicted molar refractivity (Wildman–Crippen MR) is 140 cm³/mol. The van der Waals surface area contributed by atoms with Gasteiger partial charge in [0.25, 0.3) is 0 Å². The summed E-state index contributed by atoms with van der Waals surface area (Å²) in [6.45, 7) is 7.85. The molecule has 1 aliphatic carbocycles. The molecule has 0 amide bonds. The summed E-state index contributed by atoms with van der Waals surface area (Å²) in [6.07, 6.45) is 2.16. The molecule has 35 heavy (non-hydrogen) atoms. The summed E-state index contributed by atoms with van der Waals surface area (Å²) in [6, 6.07) is 13.1. The highest BCUT2D eigenvalue weighted by Crippen LogP contribution is 2.42. The van der Waals surface area contributed by atoms with Gasteiger partial charge in [0.2, 0.25) is 0 Å². The Balaban J connectivity index is 1.37. The second-order valence-electron chi connectivity index (χ2n) is 8.84. The van der Waals surface area contributed by atoms with Gasteiger partial charge in [-0.1, -0.05) is 53.5 Å². The standard InChI is InChI=1S/C27H31Cl2N3O3/c1-2-35-32-14-12-31(13-15-32)11-10-30-18-22-25(33)16-19(17-26(22)34)20-6-3-4-7-21(20)27-23(28)8-5-9-24(27)29/h3-9,18-19,30H,2,10-17H2,1H3. The lowest BCUT2D eigenvalue weighted by Crippen LogP contribution is -2.47. The lowest BCUT2D eigenvalue weighted by atomic mass is 9.78. The number of carbonyl (C=O) groups excluding carboxylic acids is 2. The molecule has 1 aliphatic heterocycles. The maximum Gasteiger partial charge on any atom is 0.168 e. The van der Waals surface area contributed by atoms with E-state index in [9.17, 15) is 9.59 Å². The molecular formula is C27H31Cl2N3O3. The number of allylic oxidation sites excluding steroid dienone is 1. The second-order valence-corrected chi connectivity index (χ2v) is 9.65. The molecule has 2 fully saturated rings. The number of nitrogens with one attached hydrogen (secondary N) is 1. The van der Waals surface area contributed by atoms with E-state index in [1.807, 2.05) is 36.3 Å². The highest BCUT2D eigenvalue weighted by Gasteiger charge is 2.33. The van der Waals surface area contributed by atoms with Gasteiger partial charge in [0.05, 0.1) is 12.2 Å². The van der Waals surface area contributed by atoms with E-state index in [0.29, 0.717) is 23.2 Å². The van der Waals surface area contributed by atoms with Gasteiger partial charge in [0.15, 0.2) is 11.6 Å². The molecule has 186 valence electrons. The SMILES string of the molecule is CCON1CCN(CCNC=C2C(=O)CC(c3ccccc3-c3c(Cl)cccc3Cl)CC2=O)CC1. The molecule has 0 unspecified atom stereocenters. The Hall–Kier alpha value is -2.22. The van der Waals surface area contributed by atoms with Crippen molar-refractivity contribution < 1.29 is 14.4 Å². The third-order valence-electron chi connectivity index (χ3n) is 6.56. The third-order valence-corrected chi connectivity index (χ3v) is 7.19. The monoisotopic (exact) mass is 515 g/mol. The minimum absolute atomic E-state index is 0.135. The predicted octanol–water partition coefficient (Wildman–Crippen LogP) is 4.72. The van der Waals surface area contributed by atoms with Crippen molar-refractivity contribution in [3.8, 4) is 11.1 Å². The van der Waals surface area contributed by atoms with Gasteiger partial charge in [-0.3, -0.25) is 19.3 Å². The molecule has 0 radical (unpaired) electrons. The molecule has 6 nitrogen and oxygen atoms in total. The first kappa shape index (κ1) is 25.9. The summed E-state index contributed by atoms with van der Waals surface area (Å²) in [7, 11) is 0. The molecular weight excluding hydrogens is 485 g/mol. The van der Waals surface area contributed by atoms with E-state index in [4.69, 9.17) is 28.0 Å². The number of piperazine rings is 1. The Morgan fingerprint density at radius 1 is 0.971 bits per heavy atom. The fourth-order valence-corrected chi connectivity index (χ4v) is 5.37. The van der Waals surface area contributed by atoms with Crippen LogP contribution in [0.15, 0.2) is 54.2 Å². The zero-order valence-corrected chi connectivity index (χ0v) is 21.4. The Bertz CT molecular complexity index is 1060. The molecule has 1 saturated carbocycles. The molecule has 2 aromatic carbocycles. The van der Waals surface area contributed by atoms with E-state index in [0.717, 1.165) is 49.4 Å². The molecule has 0 atom stereocenters. The Morgan fingerprint density at radius 2 is 1.63 bits per heavy atom. The zero-order chi connectivity index (χ0) is 24.8. The van der Waals surface area contributed by atoms with Gasteiger partial charge in [-0.05, 0) is 36.1 Å². The molecule has 0 aromatic heterocycles. The number of ketones is 2. The average Bonchev–Trinajstić information content (AvgIpc) is 2.84. The molecule has 0 bridgehead atoms. The van der Waals surface area contributed by atoms with Crippen molar-refractivity contribution in [3.05, 3.63) is 69.8 Å². The van der Waals surface area contributed by atoms with Gasteiger partial charge in [-0.25, -0.2) is 0 Å². The van der Waals surface area contributed by atoms with E-state index in [2.05, 4.69) is 10.2 Å². The minimum Gasteiger partial charge on any atom is -0.389 e. The van der Waals surface area contributed by atoms with Crippen molar-refractivity contribution >= 4 is 34.8 Å². The van der Waals surface area contributed by atoms with Gasteiger partial charge < -0.3 is 5.32 Å². The van der Waals surface area contributed by atoms with E-state index in [1.54, 1.807) is 24.4 Å². The highest BCUT2D eigenvalue weighted by molar-refractivity contribution is 6.39. The molecule has 4 rings (SSSR count). The largest absolute Gasteiger partial charge is 0.389 e. The van der Waals surface area contributed by atoms with Crippen LogP contribution >= 0.6 is 23.2 Å². The summed E-state index contributed by atoms with van der Waals surface area (Å²) in [5.41, 5.74) is 2.78. The second kappa shape index (κ2) is 12.2. The Morgan fingerprint density at radius 3 is 2.29 bits per heavy atom. The number of halogens is 2. The van der Waals surface area contributed by atoms with Gasteiger partial charge in [0, 0.05) is 73.9 Å². The van der Waals surface area contributed by atoms with E-state index in [-0.39, 0.29) is 35.9 Å². The molecule has 1 heterocycles. The first-order valence-corrected chi connectivity index (χ1v) is 12.9. The molecule has 1 saturated heterocycles. The number of benzene rings is 2. The molecule has 2 aromatic rings. The molecule has 1 N–H and O–H groups in total. The number of hydroxylamine groups is 2. The van der Waals surface area contributed by atoms with Crippen molar-refractivity contribution in [2.45, 2.75) is 25.7 Å². The summed E-state index contributed by atoms with van der Waals surface area (Å²) < 4.78 is 0. The third kappa shape index (κ3) is 6.32. The van der Waals surface area contributed by atoms with Gasteiger partial charge >= 0.3 is 0 Å². The highest BCUT2D eigenvalue weighted by atomic mass is 35.5. The zero-order valence-electron chi connectivity index (χ0n) is 19.9. The lowest BCUT2D eigenvalue weighted by Gasteiger charge is -2.33. The fourth-order valence-electron chi connectivity index (χ4n) is 4.77. The van der Waals surface area contributed by atoms with Crippen LogP contribution in [-0.4, -0.2) is 67.4 Å². The van der Waals surface area contributed by atoms with Gasteiger partial charge in [-0.15, -0.1) is 0 Å². The topological polar surface area (TPSA) is 61.9 Å². The first-order valence-electron chi connectivity index (χ1n) is 12.1. The van der Waals surface area contributed by atoms with Crippen LogP contribution in [0.5, 0.6) is 0 Å². The van der Waals surface area contributed by atoms with Crippen molar-refractivity contribution in [2.75, 3.05) is 45.9 Å². The number of nitrogens with zero attached hydrogens (tertiary/aromatic N) is 2. The molecule has 2 aliphatic rings. The van der Waals surface area contributed by atoms with Crippen LogP contribution in [0.4, 0.5) is 0 Å². The number of rotatable bonds is 8. The van der Waals surface area contributed by atoms with Crippen molar-refractivity contribution in [1.82, 2.24) is 15.3 Å². The van der Waals surface area contributed by atoms with Crippen LogP contribution in [0.3, 0.4) is 0 Å². The lowest BCUT2D eigenvalue weighted by molar-refractivity contribution is -0.172. The summed E-state index contributed by atoms with van der Waals surface area (Å²) in [5.74, 6) is -0.481. The maximum atomic E-state index is 13.0. The van der Waals surface area contributed by atoms with Crippen molar-refractivity contribution in [3.63, 3.8) is 0 Å². The summed E-state index contributed by atoms with van der Waals surface area (Å²) >= 11 is 12.9. The van der Waals surface area contributed by atoms with Crippen LogP contribution in [0.2, 0.25) is 10.0 Å². The number of Topliss-reactive ketones (excluding diaryl/α,β-unsaturated/α-hetero) is 2. The first-order chi connectivity index (χ1) is 17.0. The van der Waals surface area contributed by atoms with Crippen LogP contribution in [0.25, 0.3) is 11.1 Å². The van der Waals surface area contributed by atoms with Crippen molar-refractivity contribution in [1.29, 1.82) is 0 Å². The smallest absolute Gasteiger partial charge is 0.168 e. The number of carbonyl (C=O) groups is 2. The summed E-state index contributed by atoms with van der Waals surface area (Å²) in [4.78, 5) is 33.8. The van der Waals surface area contributed by atoms with Crippen LogP contribution < -0.4 is 5.32 Å². The summed E-state index contributed by atoms with van der Waals surface area (Å²) in [5, 5.41) is 6.27. The quantitative estimate of drug-likeness (QED) is 0.311. The molecule has 0 spiro atoms. The van der Waals surface area contributed by atoms with Crippen molar-refractivity contribution in [2.24, 2.45) is 0 Å². The maximum absolute atomic E-state index is 13.0. The van der Waals surface area contributed by atoms with E-state index >= 15 is 0 Å². The normalized spacial score (nSPS) is 19.7. The van der Waals surface area contributed by atoms with Crippen LogP contribution in [-0.2, 0) is 14.4 Å². The number of hydrogen-bond acceptors (Lipinski definition) is 6. The average molecular weight is 516 g/mol. The molecule has 8 heteroatoms. The van der Waals surface area contributed by atoms with Crippen LogP contribution in [0.1, 0.15) is 31.2 Å². The fraction of sp³-hybridized carbons (Fsp3) is 0.407. The van der Waals surface area contributed by atoms with E-state index in [1.165, 1.54) is 0 Å². The van der Waals surface area contributed by atoms with Gasteiger partial charge in [-0.2, -0.15) is 5.06 Å².